The Hall–Kier alpha value is -1.77. The van der Waals surface area contributed by atoms with Crippen LogP contribution in [0.4, 0.5) is 0 Å². The Morgan fingerprint density at radius 2 is 2.00 bits per heavy atom. The molecule has 1 amide bonds. The molecule has 0 aromatic carbocycles. The quantitative estimate of drug-likeness (QED) is 0.705. The lowest BCUT2D eigenvalue weighted by atomic mass is 9.94. The summed E-state index contributed by atoms with van der Waals surface area (Å²) in [5.74, 6) is -0.105. The highest BCUT2D eigenvalue weighted by Crippen LogP contribution is 2.26. The Bertz CT molecular complexity index is 894. The lowest BCUT2D eigenvalue weighted by molar-refractivity contribution is 0.0779. The van der Waals surface area contributed by atoms with Gasteiger partial charge in [0.05, 0.1) is 16.6 Å². The maximum Gasteiger partial charge on any atom is 0.261 e. The summed E-state index contributed by atoms with van der Waals surface area (Å²) in [7, 11) is 0. The molecule has 1 aliphatic heterocycles. The van der Waals surface area contributed by atoms with Crippen LogP contribution < -0.4 is 10.9 Å². The maximum atomic E-state index is 12.6. The molecule has 1 aliphatic carbocycles. The number of H-pyrrole nitrogens is 1. The summed E-state index contributed by atoms with van der Waals surface area (Å²) < 4.78 is 0. The summed E-state index contributed by atoms with van der Waals surface area (Å²) in [6, 6.07) is 0.816. The number of aryl methyl sites for hydroxylation is 1. The first-order valence-electron chi connectivity index (χ1n) is 10.8. The van der Waals surface area contributed by atoms with Crippen LogP contribution in [0.25, 0.3) is 10.2 Å². The predicted octanol–water partition coefficient (Wildman–Crippen LogP) is 2.36. The number of hydrogen-bond donors (Lipinski definition) is 2. The number of rotatable bonds is 6. The highest BCUT2D eigenvalue weighted by molar-refractivity contribution is 7.20. The van der Waals surface area contributed by atoms with Crippen LogP contribution in [0.15, 0.2) is 11.1 Å². The van der Waals surface area contributed by atoms with E-state index in [4.69, 9.17) is 0 Å². The van der Waals surface area contributed by atoms with Crippen molar-refractivity contribution in [2.45, 2.75) is 51.5 Å². The Labute approximate surface area is 175 Å². The van der Waals surface area contributed by atoms with Crippen molar-refractivity contribution in [3.63, 3.8) is 0 Å². The summed E-state index contributed by atoms with van der Waals surface area (Å²) in [5.41, 5.74) is 0.533. The molecule has 4 rings (SSSR count). The van der Waals surface area contributed by atoms with E-state index in [1.807, 2.05) is 6.92 Å². The number of thiophene rings is 1. The third kappa shape index (κ3) is 4.70. The number of nitrogens with zero attached hydrogens (tertiary/aromatic N) is 3. The van der Waals surface area contributed by atoms with Gasteiger partial charge < -0.3 is 15.2 Å². The second kappa shape index (κ2) is 9.36. The normalized spacial score (nSPS) is 19.6. The van der Waals surface area contributed by atoms with Crippen LogP contribution in [0.2, 0.25) is 0 Å². The second-order valence-corrected chi connectivity index (χ2v) is 9.25. The molecule has 0 atom stereocenters. The standard InChI is InChI=1S/C21H31N5O2S/c1-15-17-19(27)23-14-24-21(17)29-18(15)20(28)22-8-5-9-25-10-12-26(13-11-25)16-6-3-2-4-7-16/h14,16H,2-13H2,1H3,(H,22,28)(H,23,24,27). The largest absolute Gasteiger partial charge is 0.351 e. The Balaban J connectivity index is 1.20. The van der Waals surface area contributed by atoms with Gasteiger partial charge in [-0.3, -0.25) is 14.5 Å². The minimum atomic E-state index is -0.185. The summed E-state index contributed by atoms with van der Waals surface area (Å²) in [5, 5.41) is 3.54. The first-order chi connectivity index (χ1) is 14.1. The monoisotopic (exact) mass is 417 g/mol. The molecule has 0 bridgehead atoms. The van der Waals surface area contributed by atoms with Crippen LogP contribution >= 0.6 is 11.3 Å². The van der Waals surface area contributed by atoms with E-state index in [-0.39, 0.29) is 11.5 Å². The number of aromatic amines is 1. The SMILES string of the molecule is Cc1c(C(=O)NCCCN2CCN(C3CCCCC3)CC2)sc2nc[nH]c(=O)c12. The molecular formula is C21H31N5O2S. The van der Waals surface area contributed by atoms with Gasteiger partial charge in [0.25, 0.3) is 11.5 Å². The van der Waals surface area contributed by atoms with E-state index in [1.54, 1.807) is 0 Å². The van der Waals surface area contributed by atoms with Crippen LogP contribution in [-0.4, -0.2) is 71.0 Å². The molecule has 0 spiro atoms. The molecular weight excluding hydrogens is 386 g/mol. The molecule has 7 nitrogen and oxygen atoms in total. The molecule has 2 aromatic heterocycles. The van der Waals surface area contributed by atoms with E-state index in [0.29, 0.717) is 21.6 Å². The van der Waals surface area contributed by atoms with Crippen molar-refractivity contribution in [2.75, 3.05) is 39.3 Å². The van der Waals surface area contributed by atoms with E-state index >= 15 is 0 Å². The van der Waals surface area contributed by atoms with Crippen molar-refractivity contribution < 1.29 is 4.79 Å². The number of piperazine rings is 1. The van der Waals surface area contributed by atoms with E-state index < -0.39 is 0 Å². The Morgan fingerprint density at radius 1 is 1.24 bits per heavy atom. The molecule has 0 unspecified atom stereocenters. The van der Waals surface area contributed by atoms with Gasteiger partial charge in [0.15, 0.2) is 0 Å². The van der Waals surface area contributed by atoms with Gasteiger partial charge in [-0.1, -0.05) is 19.3 Å². The topological polar surface area (TPSA) is 81.3 Å². The zero-order valence-corrected chi connectivity index (χ0v) is 18.0. The van der Waals surface area contributed by atoms with Gasteiger partial charge in [-0.2, -0.15) is 0 Å². The molecule has 158 valence electrons. The van der Waals surface area contributed by atoms with Crippen LogP contribution in [0.3, 0.4) is 0 Å². The molecule has 29 heavy (non-hydrogen) atoms. The lowest BCUT2D eigenvalue weighted by Gasteiger charge is -2.40. The van der Waals surface area contributed by atoms with E-state index in [2.05, 4.69) is 25.1 Å². The fraction of sp³-hybridized carbons (Fsp3) is 0.667. The fourth-order valence-corrected chi connectivity index (χ4v) is 5.74. The maximum absolute atomic E-state index is 12.6. The summed E-state index contributed by atoms with van der Waals surface area (Å²) >= 11 is 1.29. The molecule has 1 saturated heterocycles. The summed E-state index contributed by atoms with van der Waals surface area (Å²) in [6.07, 6.45) is 9.29. The Kier molecular flexibility index (Phi) is 6.62. The fourth-order valence-electron chi connectivity index (χ4n) is 4.68. The average Bonchev–Trinajstić information content (AvgIpc) is 3.10. The van der Waals surface area contributed by atoms with Gasteiger partial charge in [0, 0.05) is 38.8 Å². The van der Waals surface area contributed by atoms with Gasteiger partial charge in [-0.05, 0) is 38.3 Å². The number of carbonyl (C=O) groups is 1. The molecule has 1 saturated carbocycles. The number of amides is 1. The lowest BCUT2D eigenvalue weighted by Crippen LogP contribution is -2.51. The number of aromatic nitrogens is 2. The molecule has 8 heteroatoms. The highest BCUT2D eigenvalue weighted by Gasteiger charge is 2.25. The zero-order chi connectivity index (χ0) is 20.2. The average molecular weight is 418 g/mol. The van der Waals surface area contributed by atoms with Crippen molar-refractivity contribution >= 4 is 27.5 Å². The third-order valence-corrected chi connectivity index (χ3v) is 7.57. The number of carbonyl (C=O) groups excluding carboxylic acids is 1. The number of hydrogen-bond acceptors (Lipinski definition) is 6. The zero-order valence-electron chi connectivity index (χ0n) is 17.2. The van der Waals surface area contributed by atoms with Crippen molar-refractivity contribution in [3.05, 3.63) is 27.1 Å². The van der Waals surface area contributed by atoms with Gasteiger partial charge in [-0.25, -0.2) is 4.98 Å². The Morgan fingerprint density at radius 3 is 2.72 bits per heavy atom. The van der Waals surface area contributed by atoms with E-state index in [0.717, 1.165) is 37.7 Å². The van der Waals surface area contributed by atoms with Gasteiger partial charge in [0.2, 0.25) is 0 Å². The molecule has 2 fully saturated rings. The molecule has 2 N–H and O–H groups in total. The first kappa shape index (κ1) is 20.5. The number of nitrogens with one attached hydrogen (secondary N) is 2. The van der Waals surface area contributed by atoms with Crippen molar-refractivity contribution in [2.24, 2.45) is 0 Å². The summed E-state index contributed by atoms with van der Waals surface area (Å²) in [4.78, 5) is 37.7. The first-order valence-corrected chi connectivity index (χ1v) is 11.7. The highest BCUT2D eigenvalue weighted by atomic mass is 32.1. The van der Waals surface area contributed by atoms with E-state index in [1.165, 1.54) is 62.9 Å². The van der Waals surface area contributed by atoms with Crippen LogP contribution in [0, 0.1) is 6.92 Å². The third-order valence-electron chi connectivity index (χ3n) is 6.37. The predicted molar refractivity (Wildman–Crippen MR) is 117 cm³/mol. The summed E-state index contributed by atoms with van der Waals surface area (Å²) in [6.45, 7) is 8.11. The van der Waals surface area contributed by atoms with Crippen LogP contribution in [0.5, 0.6) is 0 Å². The van der Waals surface area contributed by atoms with E-state index in [9.17, 15) is 9.59 Å². The van der Waals surface area contributed by atoms with Crippen molar-refractivity contribution in [1.29, 1.82) is 0 Å². The smallest absolute Gasteiger partial charge is 0.261 e. The van der Waals surface area contributed by atoms with Crippen LogP contribution in [0.1, 0.15) is 53.8 Å². The number of fused-ring (bicyclic) bond motifs is 1. The van der Waals surface area contributed by atoms with Crippen molar-refractivity contribution in [1.82, 2.24) is 25.1 Å². The molecule has 0 radical (unpaired) electrons. The molecule has 3 heterocycles. The van der Waals surface area contributed by atoms with Gasteiger partial charge in [0.1, 0.15) is 4.83 Å². The van der Waals surface area contributed by atoms with Gasteiger partial charge in [-0.15, -0.1) is 11.3 Å². The minimum Gasteiger partial charge on any atom is -0.351 e. The van der Waals surface area contributed by atoms with Gasteiger partial charge >= 0.3 is 0 Å². The minimum absolute atomic E-state index is 0.105. The second-order valence-electron chi connectivity index (χ2n) is 8.25. The molecule has 2 aromatic rings. The van der Waals surface area contributed by atoms with Crippen molar-refractivity contribution in [3.8, 4) is 0 Å². The van der Waals surface area contributed by atoms with Crippen LogP contribution in [-0.2, 0) is 0 Å². The molecule has 2 aliphatic rings.